The number of nitrogens with zero attached hydrogens (tertiary/aromatic N) is 3. The van der Waals surface area contributed by atoms with E-state index in [4.69, 9.17) is 4.74 Å². The molecule has 7 nitrogen and oxygen atoms in total. The highest BCUT2D eigenvalue weighted by molar-refractivity contribution is 7.84. The Balaban J connectivity index is 2.02. The van der Waals surface area contributed by atoms with Gasteiger partial charge in [0.1, 0.15) is 5.52 Å². The van der Waals surface area contributed by atoms with Crippen molar-refractivity contribution in [2.45, 2.75) is 32.7 Å². The summed E-state index contributed by atoms with van der Waals surface area (Å²) in [5.74, 6) is 0.474. The molecule has 11 heteroatoms. The van der Waals surface area contributed by atoms with Crippen LogP contribution in [0.2, 0.25) is 0 Å². The predicted molar refractivity (Wildman–Crippen MR) is 123 cm³/mol. The smallest absolute Gasteiger partial charge is 0.377 e. The van der Waals surface area contributed by atoms with Crippen LogP contribution in [0, 0.1) is 0 Å². The number of alkyl halides is 3. The maximum Gasteiger partial charge on any atom is 0.416 e. The summed E-state index contributed by atoms with van der Waals surface area (Å²) in [4.78, 5) is 22.0. The molecule has 0 radical (unpaired) electrons. The third-order valence-electron chi connectivity index (χ3n) is 4.75. The molecule has 0 aliphatic rings. The van der Waals surface area contributed by atoms with E-state index < -0.39 is 28.1 Å². The molecule has 1 unspecified atom stereocenters. The van der Waals surface area contributed by atoms with Crippen molar-refractivity contribution < 1.29 is 22.1 Å². The van der Waals surface area contributed by atoms with Crippen LogP contribution in [0.5, 0.6) is 0 Å². The summed E-state index contributed by atoms with van der Waals surface area (Å²) in [6.45, 7) is 4.56. The molecule has 178 valence electrons. The van der Waals surface area contributed by atoms with Crippen LogP contribution in [0.15, 0.2) is 41.2 Å². The predicted octanol–water partition coefficient (Wildman–Crippen LogP) is 3.69. The molecule has 0 fully saturated rings. The maximum absolute atomic E-state index is 13.1. The van der Waals surface area contributed by atoms with Gasteiger partial charge in [-0.2, -0.15) is 13.2 Å². The van der Waals surface area contributed by atoms with E-state index >= 15 is 0 Å². The van der Waals surface area contributed by atoms with E-state index in [9.17, 15) is 22.2 Å². The Morgan fingerprint density at radius 1 is 1.12 bits per heavy atom. The molecule has 0 saturated carbocycles. The second kappa shape index (κ2) is 10.4. The first-order chi connectivity index (χ1) is 15.6. The molecule has 3 aromatic rings. The number of aromatic nitrogens is 3. The van der Waals surface area contributed by atoms with E-state index in [-0.39, 0.29) is 25.1 Å². The van der Waals surface area contributed by atoms with Crippen LogP contribution in [0.25, 0.3) is 22.4 Å². The van der Waals surface area contributed by atoms with Crippen LogP contribution in [0.4, 0.5) is 19.0 Å². The fraction of sp³-hybridized carbons (Fsp3) is 0.409. The Bertz CT molecular complexity index is 1190. The molecule has 0 amide bonds. The number of hydrogen-bond acceptors (Lipinski definition) is 6. The Morgan fingerprint density at radius 3 is 2.42 bits per heavy atom. The highest BCUT2D eigenvalue weighted by Gasteiger charge is 2.30. The van der Waals surface area contributed by atoms with E-state index in [1.165, 1.54) is 16.7 Å². The van der Waals surface area contributed by atoms with Gasteiger partial charge in [-0.25, -0.2) is 9.97 Å². The van der Waals surface area contributed by atoms with Crippen LogP contribution in [-0.4, -0.2) is 50.0 Å². The Morgan fingerprint density at radius 2 is 1.82 bits per heavy atom. The molecule has 0 bridgehead atoms. The van der Waals surface area contributed by atoms with Gasteiger partial charge in [0, 0.05) is 34.9 Å². The van der Waals surface area contributed by atoms with Crippen molar-refractivity contribution in [2.24, 2.45) is 0 Å². The quantitative estimate of drug-likeness (QED) is 0.501. The first-order valence-corrected chi connectivity index (χ1v) is 12.0. The van der Waals surface area contributed by atoms with Gasteiger partial charge < -0.3 is 10.1 Å². The van der Waals surface area contributed by atoms with Crippen molar-refractivity contribution in [3.8, 4) is 11.3 Å². The van der Waals surface area contributed by atoms with E-state index in [0.29, 0.717) is 34.7 Å². The monoisotopic (exact) mass is 482 g/mol. The van der Waals surface area contributed by atoms with Gasteiger partial charge in [0.2, 0.25) is 0 Å². The lowest BCUT2D eigenvalue weighted by Crippen LogP contribution is -2.29. The van der Waals surface area contributed by atoms with Gasteiger partial charge in [-0.15, -0.1) is 0 Å². The first kappa shape index (κ1) is 24.8. The van der Waals surface area contributed by atoms with Gasteiger partial charge in [0.05, 0.1) is 30.5 Å². The number of halogens is 3. The van der Waals surface area contributed by atoms with E-state index in [0.717, 1.165) is 12.1 Å². The average molecular weight is 483 g/mol. The first-order valence-electron chi connectivity index (χ1n) is 10.3. The Labute approximate surface area is 191 Å². The number of anilines is 1. The average Bonchev–Trinajstić information content (AvgIpc) is 2.74. The molecular formula is C22H25F3N4O3S. The zero-order valence-electron chi connectivity index (χ0n) is 18.5. The molecule has 2 heterocycles. The lowest BCUT2D eigenvalue weighted by Gasteiger charge is -2.14. The Kier molecular flexibility index (Phi) is 7.85. The molecular weight excluding hydrogens is 457 g/mol. The lowest BCUT2D eigenvalue weighted by atomic mass is 10.1. The second-order valence-corrected chi connectivity index (χ2v) is 9.21. The number of nitrogens with one attached hydrogen (secondary N) is 1. The van der Waals surface area contributed by atoms with Crippen molar-refractivity contribution in [2.75, 3.05) is 30.5 Å². The zero-order chi connectivity index (χ0) is 24.2. The fourth-order valence-corrected chi connectivity index (χ4v) is 3.51. The molecule has 0 spiro atoms. The highest BCUT2D eigenvalue weighted by Crippen LogP contribution is 2.31. The number of ether oxygens (including phenoxy) is 1. The minimum atomic E-state index is -4.43. The largest absolute Gasteiger partial charge is 0.416 e. The van der Waals surface area contributed by atoms with Gasteiger partial charge in [-0.1, -0.05) is 12.1 Å². The number of rotatable bonds is 9. The lowest BCUT2D eigenvalue weighted by molar-refractivity contribution is -0.137. The normalized spacial score (nSPS) is 12.9. The Hall–Kier alpha value is -2.79. The number of benzene rings is 1. The van der Waals surface area contributed by atoms with Crippen molar-refractivity contribution in [1.29, 1.82) is 0 Å². The van der Waals surface area contributed by atoms with Gasteiger partial charge in [0.25, 0.3) is 5.56 Å². The molecule has 3 rings (SSSR count). The molecule has 1 N–H and O–H groups in total. The SMILES string of the molecule is CC(C)OCCn1c(=O)c(NCCS(C)=O)nc2ccc(-c3ccc(C(F)(F)F)cc3)nc21. The van der Waals surface area contributed by atoms with Crippen LogP contribution in [-0.2, 0) is 28.3 Å². The highest BCUT2D eigenvalue weighted by atomic mass is 32.2. The van der Waals surface area contributed by atoms with Crippen LogP contribution in [0.3, 0.4) is 0 Å². The van der Waals surface area contributed by atoms with Gasteiger partial charge >= 0.3 is 6.18 Å². The number of pyridine rings is 1. The zero-order valence-corrected chi connectivity index (χ0v) is 19.3. The van der Waals surface area contributed by atoms with E-state index in [1.54, 1.807) is 18.4 Å². The summed E-state index contributed by atoms with van der Waals surface area (Å²) < 4.78 is 57.0. The molecule has 2 aromatic heterocycles. The summed E-state index contributed by atoms with van der Waals surface area (Å²) in [6, 6.07) is 7.98. The number of hydrogen-bond donors (Lipinski definition) is 1. The third-order valence-corrected chi connectivity index (χ3v) is 5.53. The van der Waals surface area contributed by atoms with Crippen LogP contribution in [0.1, 0.15) is 19.4 Å². The summed E-state index contributed by atoms with van der Waals surface area (Å²) >= 11 is 0. The van der Waals surface area contributed by atoms with Crippen molar-refractivity contribution in [3.63, 3.8) is 0 Å². The van der Waals surface area contributed by atoms with Crippen molar-refractivity contribution in [1.82, 2.24) is 14.5 Å². The number of fused-ring (bicyclic) bond motifs is 1. The van der Waals surface area contributed by atoms with E-state index in [2.05, 4.69) is 15.3 Å². The van der Waals surface area contributed by atoms with E-state index in [1.807, 2.05) is 13.8 Å². The molecule has 0 aliphatic carbocycles. The standard InChI is InChI=1S/C22H25F3N4O3S/c1-14(2)32-12-11-29-20-18(27-19(21(29)30)26-10-13-33(3)31)9-8-17(28-20)15-4-6-16(7-5-15)22(23,24)25/h4-9,14H,10-13H2,1-3H3,(H,26,27). The summed E-state index contributed by atoms with van der Waals surface area (Å²) in [5.41, 5.74) is 0.478. The molecule has 33 heavy (non-hydrogen) atoms. The van der Waals surface area contributed by atoms with Crippen molar-refractivity contribution in [3.05, 3.63) is 52.3 Å². The summed E-state index contributed by atoms with van der Waals surface area (Å²) in [6.07, 6.45) is -2.88. The van der Waals surface area contributed by atoms with Crippen LogP contribution < -0.4 is 10.9 Å². The van der Waals surface area contributed by atoms with Gasteiger partial charge in [-0.05, 0) is 38.1 Å². The molecule has 1 aromatic carbocycles. The minimum Gasteiger partial charge on any atom is -0.377 e. The van der Waals surface area contributed by atoms with Crippen molar-refractivity contribution >= 4 is 27.8 Å². The second-order valence-electron chi connectivity index (χ2n) is 7.66. The molecule has 0 aliphatic heterocycles. The molecule has 1 atom stereocenters. The summed E-state index contributed by atoms with van der Waals surface area (Å²) in [5, 5.41) is 2.93. The van der Waals surface area contributed by atoms with Gasteiger partial charge in [0.15, 0.2) is 11.5 Å². The maximum atomic E-state index is 13.1. The van der Waals surface area contributed by atoms with Crippen LogP contribution >= 0.6 is 0 Å². The topological polar surface area (TPSA) is 86.1 Å². The summed E-state index contributed by atoms with van der Waals surface area (Å²) in [7, 11) is -1.02. The minimum absolute atomic E-state index is 0.0263. The fourth-order valence-electron chi connectivity index (χ4n) is 3.13. The third kappa shape index (κ3) is 6.38. The van der Waals surface area contributed by atoms with Gasteiger partial charge in [-0.3, -0.25) is 13.6 Å². The molecule has 0 saturated heterocycles.